The maximum absolute atomic E-state index is 12.6. The van der Waals surface area contributed by atoms with Gasteiger partial charge in [0.2, 0.25) is 5.91 Å². The van der Waals surface area contributed by atoms with Gasteiger partial charge in [0.1, 0.15) is 12.2 Å². The highest BCUT2D eigenvalue weighted by molar-refractivity contribution is 5.87. The number of morpholine rings is 1. The molecular weight excluding hydrogens is 540 g/mol. The average molecular weight is 593 g/mol. The first kappa shape index (κ1) is 34.3. The van der Waals surface area contributed by atoms with Gasteiger partial charge in [-0.25, -0.2) is 4.79 Å². The summed E-state index contributed by atoms with van der Waals surface area (Å²) in [4.78, 5) is 26.4. The van der Waals surface area contributed by atoms with Crippen LogP contribution in [0.1, 0.15) is 67.7 Å². The summed E-state index contributed by atoms with van der Waals surface area (Å²) in [5.41, 5.74) is 0.612. The summed E-state index contributed by atoms with van der Waals surface area (Å²) in [7, 11) is 0. The predicted molar refractivity (Wildman–Crippen MR) is 160 cm³/mol. The van der Waals surface area contributed by atoms with E-state index in [2.05, 4.69) is 18.3 Å². The second-order valence-electron chi connectivity index (χ2n) is 12.7. The normalized spacial score (nSPS) is 33.9. The van der Waals surface area contributed by atoms with Crippen molar-refractivity contribution in [3.8, 4) is 0 Å². The first-order chi connectivity index (χ1) is 19.8. The standard InChI is InChI=1S/C32H52N2O8/c1-20(9-12-28-30(37)25(23(4)35)19-32(6,7)42-28)8-11-27-21(2)18-26(24(5)41-27)33-29(36)13-10-22(3)40-31(38)34-14-16-39-17-15-34/h8-10,12-13,21-28,30,35,37H,11,14-19H2,1-7H3,(H,33,36)/b12-9+,13-10-,20-8+/t21-,22-,23?,24+,25?,26+,27-,28+,30-/m0/s1. The largest absolute Gasteiger partial charge is 0.442 e. The summed E-state index contributed by atoms with van der Waals surface area (Å²) >= 11 is 0. The van der Waals surface area contributed by atoms with E-state index in [1.807, 2.05) is 39.8 Å². The van der Waals surface area contributed by atoms with E-state index in [1.165, 1.54) is 6.08 Å². The molecule has 0 aromatic rings. The number of hydrogen-bond donors (Lipinski definition) is 3. The second-order valence-corrected chi connectivity index (χ2v) is 12.7. The number of nitrogens with zero attached hydrogens (tertiary/aromatic N) is 1. The Labute approximate surface area is 251 Å². The minimum Gasteiger partial charge on any atom is -0.442 e. The van der Waals surface area contributed by atoms with E-state index in [0.717, 1.165) is 18.4 Å². The molecule has 0 radical (unpaired) electrons. The first-order valence-electron chi connectivity index (χ1n) is 15.3. The van der Waals surface area contributed by atoms with E-state index in [4.69, 9.17) is 18.9 Å². The Kier molecular flexibility index (Phi) is 12.6. The van der Waals surface area contributed by atoms with Gasteiger partial charge >= 0.3 is 6.09 Å². The first-order valence-corrected chi connectivity index (χ1v) is 15.3. The molecule has 2 amide bonds. The van der Waals surface area contributed by atoms with Gasteiger partial charge in [0, 0.05) is 25.1 Å². The van der Waals surface area contributed by atoms with Crippen LogP contribution in [0.3, 0.4) is 0 Å². The van der Waals surface area contributed by atoms with Gasteiger partial charge in [0.05, 0.1) is 49.3 Å². The van der Waals surface area contributed by atoms with Crippen LogP contribution in [0.25, 0.3) is 0 Å². The molecular formula is C32H52N2O8. The highest BCUT2D eigenvalue weighted by atomic mass is 16.6. The van der Waals surface area contributed by atoms with Crippen LogP contribution in [0.2, 0.25) is 0 Å². The molecule has 0 bridgehead atoms. The number of ether oxygens (including phenoxy) is 4. The second kappa shape index (κ2) is 15.5. The maximum Gasteiger partial charge on any atom is 0.410 e. The van der Waals surface area contributed by atoms with Gasteiger partial charge in [-0.3, -0.25) is 4.79 Å². The third-order valence-electron chi connectivity index (χ3n) is 8.42. The zero-order chi connectivity index (χ0) is 31.0. The third-order valence-corrected chi connectivity index (χ3v) is 8.42. The predicted octanol–water partition coefficient (Wildman–Crippen LogP) is 3.52. The molecule has 3 fully saturated rings. The average Bonchev–Trinajstić information content (AvgIpc) is 2.93. The van der Waals surface area contributed by atoms with E-state index < -0.39 is 36.1 Å². The van der Waals surface area contributed by atoms with Gasteiger partial charge in [0.15, 0.2) is 0 Å². The lowest BCUT2D eigenvalue weighted by atomic mass is 9.80. The van der Waals surface area contributed by atoms with Crippen LogP contribution >= 0.6 is 0 Å². The topological polar surface area (TPSA) is 127 Å². The van der Waals surface area contributed by atoms with Crippen LogP contribution in [0.4, 0.5) is 4.79 Å². The summed E-state index contributed by atoms with van der Waals surface area (Å²) in [6.07, 6.45) is 8.13. The molecule has 3 aliphatic heterocycles. The monoisotopic (exact) mass is 592 g/mol. The van der Waals surface area contributed by atoms with E-state index in [9.17, 15) is 19.8 Å². The lowest BCUT2D eigenvalue weighted by molar-refractivity contribution is -0.181. The van der Waals surface area contributed by atoms with Crippen molar-refractivity contribution in [3.63, 3.8) is 0 Å². The Morgan fingerprint density at radius 2 is 1.86 bits per heavy atom. The number of allylic oxidation sites excluding steroid dienone is 2. The van der Waals surface area contributed by atoms with Gasteiger partial charge in [-0.15, -0.1) is 0 Å². The van der Waals surface area contributed by atoms with Crippen LogP contribution in [-0.4, -0.2) is 102 Å². The molecule has 3 N–H and O–H groups in total. The molecule has 0 saturated carbocycles. The zero-order valence-corrected chi connectivity index (χ0v) is 26.3. The molecule has 238 valence electrons. The van der Waals surface area contributed by atoms with Gasteiger partial charge in [-0.05, 0) is 72.8 Å². The number of rotatable bonds is 9. The summed E-state index contributed by atoms with van der Waals surface area (Å²) in [6.45, 7) is 15.5. The van der Waals surface area contributed by atoms with Crippen molar-refractivity contribution in [3.05, 3.63) is 36.0 Å². The number of nitrogens with one attached hydrogen (secondary N) is 1. The molecule has 2 unspecified atom stereocenters. The van der Waals surface area contributed by atoms with Gasteiger partial charge < -0.3 is 39.4 Å². The van der Waals surface area contributed by atoms with E-state index in [1.54, 1.807) is 24.8 Å². The number of carbonyl (C=O) groups is 2. The minimum absolute atomic E-state index is 0.0155. The zero-order valence-electron chi connectivity index (χ0n) is 26.3. The van der Waals surface area contributed by atoms with Crippen LogP contribution in [0.5, 0.6) is 0 Å². The lowest BCUT2D eigenvalue weighted by Gasteiger charge is -2.44. The van der Waals surface area contributed by atoms with Gasteiger partial charge in [0.25, 0.3) is 0 Å². The summed E-state index contributed by atoms with van der Waals surface area (Å²) in [5, 5.41) is 23.9. The quantitative estimate of drug-likeness (QED) is 0.274. The van der Waals surface area contributed by atoms with Crippen molar-refractivity contribution >= 4 is 12.0 Å². The summed E-state index contributed by atoms with van der Waals surface area (Å²) < 4.78 is 23.1. The molecule has 3 saturated heterocycles. The van der Waals surface area contributed by atoms with Crippen molar-refractivity contribution in [1.82, 2.24) is 10.2 Å². The Balaban J connectivity index is 1.45. The number of amides is 2. The summed E-state index contributed by atoms with van der Waals surface area (Å²) in [6, 6.07) is -0.125. The van der Waals surface area contributed by atoms with E-state index >= 15 is 0 Å². The smallest absolute Gasteiger partial charge is 0.410 e. The Hall–Kier alpha value is -2.24. The van der Waals surface area contributed by atoms with Crippen LogP contribution in [0, 0.1) is 11.8 Å². The molecule has 0 aromatic heterocycles. The Bertz CT molecular complexity index is 987. The van der Waals surface area contributed by atoms with Crippen molar-refractivity contribution in [2.45, 2.75) is 116 Å². The van der Waals surface area contributed by atoms with Crippen molar-refractivity contribution < 1.29 is 38.7 Å². The van der Waals surface area contributed by atoms with Crippen molar-refractivity contribution in [1.29, 1.82) is 0 Å². The summed E-state index contributed by atoms with van der Waals surface area (Å²) in [5.74, 6) is -0.256. The molecule has 0 spiro atoms. The van der Waals surface area contributed by atoms with E-state index in [-0.39, 0.29) is 36.0 Å². The van der Waals surface area contributed by atoms with Crippen LogP contribution in [-0.2, 0) is 23.7 Å². The molecule has 3 aliphatic rings. The van der Waals surface area contributed by atoms with Gasteiger partial charge in [-0.1, -0.05) is 30.7 Å². The molecule has 10 heteroatoms. The van der Waals surface area contributed by atoms with Crippen LogP contribution in [0.15, 0.2) is 36.0 Å². The molecule has 42 heavy (non-hydrogen) atoms. The highest BCUT2D eigenvalue weighted by Crippen LogP contribution is 2.35. The SMILES string of the molecule is CC(/C=C/[C@H]1OC(C)(C)CC(C(C)O)[C@@H]1O)=C\C[C@@H]1O[C@H](C)[C@H](NC(=O)/C=C\[C@H](C)OC(=O)N2CCOCC2)C[C@@H]1C. The molecule has 0 aromatic carbocycles. The third kappa shape index (κ3) is 10.2. The van der Waals surface area contributed by atoms with Crippen LogP contribution < -0.4 is 5.32 Å². The van der Waals surface area contributed by atoms with Crippen molar-refractivity contribution in [2.75, 3.05) is 26.3 Å². The Morgan fingerprint density at radius 3 is 2.52 bits per heavy atom. The number of aliphatic hydroxyl groups excluding tert-OH is 2. The fraction of sp³-hybridized carbons (Fsp3) is 0.750. The van der Waals surface area contributed by atoms with E-state index in [0.29, 0.717) is 32.7 Å². The highest BCUT2D eigenvalue weighted by Gasteiger charge is 2.42. The molecule has 3 rings (SSSR count). The number of carbonyl (C=O) groups excluding carboxylic acids is 2. The molecule has 3 heterocycles. The fourth-order valence-corrected chi connectivity index (χ4v) is 5.83. The van der Waals surface area contributed by atoms with Crippen molar-refractivity contribution in [2.24, 2.45) is 11.8 Å². The molecule has 9 atom stereocenters. The number of hydrogen-bond acceptors (Lipinski definition) is 8. The molecule has 0 aliphatic carbocycles. The van der Waals surface area contributed by atoms with Gasteiger partial charge in [-0.2, -0.15) is 0 Å². The minimum atomic E-state index is -0.764. The molecule has 10 nitrogen and oxygen atoms in total. The number of aliphatic hydroxyl groups is 2. The Morgan fingerprint density at radius 1 is 1.17 bits per heavy atom. The lowest BCUT2D eigenvalue weighted by Crippen LogP contribution is -2.51. The maximum atomic E-state index is 12.6. The fourth-order valence-electron chi connectivity index (χ4n) is 5.83.